The lowest BCUT2D eigenvalue weighted by Gasteiger charge is -2.11. The van der Waals surface area contributed by atoms with Crippen molar-refractivity contribution < 1.29 is 14.4 Å². The molecule has 2 aromatic carbocycles. The van der Waals surface area contributed by atoms with Crippen LogP contribution in [0.3, 0.4) is 0 Å². The number of aromatic nitrogens is 3. The van der Waals surface area contributed by atoms with Crippen molar-refractivity contribution in [3.05, 3.63) is 65.0 Å². The van der Waals surface area contributed by atoms with Gasteiger partial charge in [-0.3, -0.25) is 23.9 Å². The third-order valence-electron chi connectivity index (χ3n) is 4.86. The second-order valence-electron chi connectivity index (χ2n) is 6.92. The molecule has 0 saturated heterocycles. The molecule has 0 aliphatic carbocycles. The summed E-state index contributed by atoms with van der Waals surface area (Å²) >= 11 is 1.27. The van der Waals surface area contributed by atoms with E-state index in [1.54, 1.807) is 12.1 Å². The zero-order valence-corrected chi connectivity index (χ0v) is 17.5. The molecular formula is C21H19N5O3S. The molecule has 0 saturated carbocycles. The Morgan fingerprint density at radius 2 is 1.77 bits per heavy atom. The van der Waals surface area contributed by atoms with E-state index in [9.17, 15) is 14.4 Å². The number of nitrogens with zero attached hydrogens (tertiary/aromatic N) is 4. The highest BCUT2D eigenvalue weighted by Crippen LogP contribution is 2.26. The van der Waals surface area contributed by atoms with Gasteiger partial charge in [0.25, 0.3) is 11.8 Å². The molecular weight excluding hydrogens is 402 g/mol. The summed E-state index contributed by atoms with van der Waals surface area (Å²) in [5.41, 5.74) is 3.15. The first kappa shape index (κ1) is 19.8. The van der Waals surface area contributed by atoms with E-state index in [1.165, 1.54) is 24.9 Å². The second kappa shape index (κ2) is 7.75. The van der Waals surface area contributed by atoms with Gasteiger partial charge in [-0.1, -0.05) is 30.0 Å². The normalized spacial score (nSPS) is 13.0. The molecule has 1 aromatic heterocycles. The zero-order valence-electron chi connectivity index (χ0n) is 16.7. The topological polar surface area (TPSA) is 97.2 Å². The van der Waals surface area contributed by atoms with Crippen LogP contribution in [0.5, 0.6) is 0 Å². The minimum atomic E-state index is -0.373. The molecule has 30 heavy (non-hydrogen) atoms. The third-order valence-corrected chi connectivity index (χ3v) is 5.79. The van der Waals surface area contributed by atoms with E-state index in [0.717, 1.165) is 22.0 Å². The summed E-state index contributed by atoms with van der Waals surface area (Å²) in [4.78, 5) is 37.6. The van der Waals surface area contributed by atoms with Crippen molar-refractivity contribution in [1.82, 2.24) is 19.7 Å². The van der Waals surface area contributed by atoms with Crippen molar-refractivity contribution in [2.45, 2.75) is 19.0 Å². The van der Waals surface area contributed by atoms with Gasteiger partial charge in [0, 0.05) is 12.7 Å². The smallest absolute Gasteiger partial charge is 0.261 e. The number of benzene rings is 2. The van der Waals surface area contributed by atoms with Crippen molar-refractivity contribution in [3.63, 3.8) is 0 Å². The first-order chi connectivity index (χ1) is 14.4. The molecule has 0 fully saturated rings. The van der Waals surface area contributed by atoms with Gasteiger partial charge in [-0.2, -0.15) is 0 Å². The molecule has 1 aliphatic rings. The summed E-state index contributed by atoms with van der Waals surface area (Å²) in [5, 5.41) is 11.7. The number of rotatable bonds is 5. The van der Waals surface area contributed by atoms with Gasteiger partial charge >= 0.3 is 0 Å². The fraction of sp³-hybridized carbons (Fsp3) is 0.190. The first-order valence-electron chi connectivity index (χ1n) is 9.24. The van der Waals surface area contributed by atoms with Crippen molar-refractivity contribution in [1.29, 1.82) is 0 Å². The van der Waals surface area contributed by atoms with Crippen molar-refractivity contribution in [3.8, 4) is 5.69 Å². The lowest BCUT2D eigenvalue weighted by Crippen LogP contribution is -2.24. The van der Waals surface area contributed by atoms with Crippen LogP contribution < -0.4 is 5.32 Å². The highest BCUT2D eigenvalue weighted by atomic mass is 32.2. The highest BCUT2D eigenvalue weighted by molar-refractivity contribution is 7.99. The number of hydrogen-bond acceptors (Lipinski definition) is 6. The fourth-order valence-electron chi connectivity index (χ4n) is 3.29. The standard InChI is InChI=1S/C21H19N5O3S/c1-12-6-4-5-7-17(12)26-13(2)23-24-21(26)30-11-18(27)22-14-8-9-15-16(10-14)20(29)25(3)19(15)28/h4-10H,11H2,1-3H3,(H,22,27). The number of fused-ring (bicyclic) bond motifs is 1. The molecule has 3 amide bonds. The number of amides is 3. The van der Waals surface area contributed by atoms with Crippen LogP contribution in [-0.4, -0.2) is 50.2 Å². The number of hydrogen-bond donors (Lipinski definition) is 1. The predicted molar refractivity (Wildman–Crippen MR) is 113 cm³/mol. The Labute approximate surface area is 177 Å². The Morgan fingerprint density at radius 3 is 2.53 bits per heavy atom. The Bertz CT molecular complexity index is 1190. The van der Waals surface area contributed by atoms with E-state index in [1.807, 2.05) is 42.7 Å². The molecule has 2 heterocycles. The second-order valence-corrected chi connectivity index (χ2v) is 7.86. The zero-order chi connectivity index (χ0) is 21.4. The highest BCUT2D eigenvalue weighted by Gasteiger charge is 2.32. The van der Waals surface area contributed by atoms with Crippen molar-refractivity contribution >= 4 is 35.2 Å². The first-order valence-corrected chi connectivity index (χ1v) is 10.2. The molecule has 0 bridgehead atoms. The Hall–Kier alpha value is -3.46. The molecule has 1 N–H and O–H groups in total. The minimum Gasteiger partial charge on any atom is -0.325 e. The molecule has 152 valence electrons. The van der Waals surface area contributed by atoms with Crippen LogP contribution in [0.25, 0.3) is 5.69 Å². The van der Waals surface area contributed by atoms with Crippen molar-refractivity contribution in [2.24, 2.45) is 0 Å². The lowest BCUT2D eigenvalue weighted by atomic mass is 10.1. The van der Waals surface area contributed by atoms with E-state index >= 15 is 0 Å². The number of carbonyl (C=O) groups excluding carboxylic acids is 3. The van der Waals surface area contributed by atoms with Crippen LogP contribution in [0.15, 0.2) is 47.6 Å². The average molecular weight is 421 g/mol. The van der Waals surface area contributed by atoms with E-state index in [0.29, 0.717) is 22.0 Å². The lowest BCUT2D eigenvalue weighted by molar-refractivity contribution is -0.113. The SMILES string of the molecule is Cc1ccccc1-n1c(C)nnc1SCC(=O)Nc1ccc2c(c1)C(=O)N(C)C2=O. The van der Waals surface area contributed by atoms with Gasteiger partial charge in [0.1, 0.15) is 5.82 Å². The maximum absolute atomic E-state index is 12.5. The van der Waals surface area contributed by atoms with Gasteiger partial charge in [-0.05, 0) is 43.7 Å². The van der Waals surface area contributed by atoms with Crippen LogP contribution in [0.2, 0.25) is 0 Å². The number of nitrogens with one attached hydrogen (secondary N) is 1. The third kappa shape index (κ3) is 3.48. The summed E-state index contributed by atoms with van der Waals surface area (Å²) in [5.74, 6) is -0.106. The fourth-order valence-corrected chi connectivity index (χ4v) is 4.08. The number of anilines is 1. The summed E-state index contributed by atoms with van der Waals surface area (Å²) in [7, 11) is 1.44. The average Bonchev–Trinajstić information content (AvgIpc) is 3.20. The number of para-hydroxylation sites is 1. The van der Waals surface area contributed by atoms with Crippen LogP contribution in [0, 0.1) is 13.8 Å². The Kier molecular flexibility index (Phi) is 5.13. The van der Waals surface area contributed by atoms with E-state index < -0.39 is 0 Å². The van der Waals surface area contributed by atoms with Crippen molar-refractivity contribution in [2.75, 3.05) is 18.1 Å². The minimum absolute atomic E-state index is 0.119. The molecule has 3 aromatic rings. The molecule has 0 radical (unpaired) electrons. The number of thioether (sulfide) groups is 1. The molecule has 0 atom stereocenters. The Balaban J connectivity index is 1.47. The van der Waals surface area contributed by atoms with E-state index in [-0.39, 0.29) is 23.5 Å². The maximum Gasteiger partial charge on any atom is 0.261 e. The number of aryl methyl sites for hydroxylation is 2. The van der Waals surface area contributed by atoms with Gasteiger partial charge < -0.3 is 5.32 Å². The van der Waals surface area contributed by atoms with E-state index in [4.69, 9.17) is 0 Å². The monoisotopic (exact) mass is 421 g/mol. The summed E-state index contributed by atoms with van der Waals surface area (Å²) in [6.45, 7) is 3.87. The Morgan fingerprint density at radius 1 is 1.03 bits per heavy atom. The van der Waals surface area contributed by atoms with Crippen LogP contribution >= 0.6 is 11.8 Å². The van der Waals surface area contributed by atoms with Crippen LogP contribution in [0.1, 0.15) is 32.1 Å². The molecule has 8 nitrogen and oxygen atoms in total. The largest absolute Gasteiger partial charge is 0.325 e. The summed E-state index contributed by atoms with van der Waals surface area (Å²) in [6, 6.07) is 12.6. The molecule has 1 aliphatic heterocycles. The number of imide groups is 1. The molecule has 4 rings (SSSR count). The van der Waals surface area contributed by atoms with Gasteiger partial charge in [0.05, 0.1) is 22.6 Å². The van der Waals surface area contributed by atoms with Gasteiger partial charge in [-0.25, -0.2) is 0 Å². The van der Waals surface area contributed by atoms with Gasteiger partial charge in [-0.15, -0.1) is 10.2 Å². The molecule has 0 spiro atoms. The molecule has 9 heteroatoms. The summed E-state index contributed by atoms with van der Waals surface area (Å²) in [6.07, 6.45) is 0. The van der Waals surface area contributed by atoms with Crippen LogP contribution in [-0.2, 0) is 4.79 Å². The van der Waals surface area contributed by atoms with Crippen LogP contribution in [0.4, 0.5) is 5.69 Å². The van der Waals surface area contributed by atoms with Gasteiger partial charge in [0.2, 0.25) is 5.91 Å². The quantitative estimate of drug-likeness (QED) is 0.503. The maximum atomic E-state index is 12.5. The predicted octanol–water partition coefficient (Wildman–Crippen LogP) is 2.84. The summed E-state index contributed by atoms with van der Waals surface area (Å²) < 4.78 is 1.92. The molecule has 0 unspecified atom stereocenters. The van der Waals surface area contributed by atoms with E-state index in [2.05, 4.69) is 15.5 Å². The van der Waals surface area contributed by atoms with Gasteiger partial charge in [0.15, 0.2) is 5.16 Å². The number of carbonyl (C=O) groups is 3.